The van der Waals surface area contributed by atoms with Crippen molar-refractivity contribution in [1.29, 1.82) is 0 Å². The summed E-state index contributed by atoms with van der Waals surface area (Å²) in [5, 5.41) is 0. The van der Waals surface area contributed by atoms with Crippen LogP contribution in [0.4, 0.5) is 0 Å². The van der Waals surface area contributed by atoms with E-state index < -0.39 is 0 Å². The van der Waals surface area contributed by atoms with Gasteiger partial charge in [-0.15, -0.1) is 0 Å². The van der Waals surface area contributed by atoms with Crippen LogP contribution in [-0.4, -0.2) is 33.9 Å². The molecule has 4 radical (unpaired) electrons. The van der Waals surface area contributed by atoms with E-state index in [-0.39, 0.29) is 0 Å². The van der Waals surface area contributed by atoms with Crippen molar-refractivity contribution in [3.05, 3.63) is 0 Å². The number of hydrogen-bond donors (Lipinski definition) is 0. The van der Waals surface area contributed by atoms with E-state index in [0.717, 1.165) is 0 Å². The molecule has 0 aromatic rings. The summed E-state index contributed by atoms with van der Waals surface area (Å²) in [6.45, 7) is 21.2. The second kappa shape index (κ2) is 3670. The van der Waals surface area contributed by atoms with Crippen molar-refractivity contribution in [2.24, 2.45) is 0 Å². The van der Waals surface area contributed by atoms with Gasteiger partial charge in [-0.05, 0) is 0 Å². The Hall–Kier alpha value is -0.508. The Morgan fingerprint density at radius 2 is 0.667 bits per heavy atom. The summed E-state index contributed by atoms with van der Waals surface area (Å²) >= 11 is 4.53. The van der Waals surface area contributed by atoms with Crippen molar-refractivity contribution in [1.82, 2.24) is 0 Å². The van der Waals surface area contributed by atoms with Crippen molar-refractivity contribution < 1.29 is 41.2 Å². The first-order valence-electron chi connectivity index (χ1n) is 1.20. The molecule has 0 atom stereocenters. The van der Waals surface area contributed by atoms with E-state index in [1.807, 2.05) is 0 Å². The summed E-state index contributed by atoms with van der Waals surface area (Å²) in [5.41, 5.74) is 0. The summed E-state index contributed by atoms with van der Waals surface area (Å²) in [6.07, 6.45) is 0. The second-order valence-corrected chi connectivity index (χ2v) is 0. The average molecular weight is 407 g/mol. The molecule has 0 bridgehead atoms. The number of halogens is 1. The molecule has 0 heterocycles. The number of hydrogen-bond acceptors (Lipinski definition) is 5. The molecule has 0 aromatic heterocycles. The molecule has 0 aliphatic carbocycles. The van der Waals surface area contributed by atoms with E-state index in [1.54, 1.807) is 0 Å². The van der Waals surface area contributed by atoms with Gasteiger partial charge in [0.05, 0.1) is 0 Å². The predicted molar refractivity (Wildman–Crippen MR) is 38.5 cm³/mol. The van der Waals surface area contributed by atoms with Crippen molar-refractivity contribution >= 4 is 47.4 Å². The van der Waals surface area contributed by atoms with Crippen molar-refractivity contribution in [3.63, 3.8) is 0 Å². The molecule has 0 saturated heterocycles. The summed E-state index contributed by atoms with van der Waals surface area (Å²) < 4.78 is 0. The minimum absolute atomic E-state index is 1.53. The van der Waals surface area contributed by atoms with Crippen LogP contribution in [0.15, 0.2) is 0 Å². The molecule has 5 nitrogen and oxygen atoms in total. The zero-order valence-electron chi connectivity index (χ0n) is 5.37. The molecule has 0 fully saturated rings. The Morgan fingerprint density at radius 3 is 0.667 bits per heavy atom. The third kappa shape index (κ3) is 2660. The molecule has 7 heteroatoms. The van der Waals surface area contributed by atoms with Gasteiger partial charge in [-0.25, -0.2) is 0 Å². The fraction of sp³-hybridized carbons (Fsp3) is 0. The molecule has 70 valence electrons. The Bertz CT molecular complexity index is 31.4. The molecule has 0 amide bonds. The largest absolute Gasteiger partial charge is 0.573 e. The third-order valence-electron chi connectivity index (χ3n) is 0. The van der Waals surface area contributed by atoms with E-state index in [0.29, 0.717) is 0 Å². The normalized spacial score (nSPS) is 2.17. The van der Waals surface area contributed by atoms with Crippen LogP contribution < -0.4 is 0 Å². The van der Waals surface area contributed by atoms with Crippen LogP contribution >= 0.6 is 13.4 Å². The van der Waals surface area contributed by atoms with Gasteiger partial charge in [0.15, 0.2) is 0 Å². The molecule has 0 unspecified atom stereocenters. The van der Waals surface area contributed by atoms with E-state index in [2.05, 4.69) is 47.4 Å². The molecular weight excluding hydrogens is 406 g/mol. The molecule has 0 spiro atoms. The zero-order valence-corrected chi connectivity index (χ0v) is 9.68. The van der Waals surface area contributed by atoms with Gasteiger partial charge in [-0.3, -0.25) is 6.79 Å². The van der Waals surface area contributed by atoms with Gasteiger partial charge in [-0.1, -0.05) is 0 Å². The third-order valence-corrected chi connectivity index (χ3v) is 0. The summed E-state index contributed by atoms with van der Waals surface area (Å²) in [5.74, 6) is 0. The van der Waals surface area contributed by atoms with Crippen LogP contribution in [0, 0.1) is 0 Å². The molecule has 0 saturated carbocycles. The quantitative estimate of drug-likeness (QED) is 0.379. The standard InChI is InChI=1S/CHO.4CO.BrH.Re/c5*1-2;;/h1H;;;;;1H;/q5*-1;;+1/p-1. The first kappa shape index (κ1) is 41.9. The topological polar surface area (TPSA) is 85.3 Å². The Labute approximate surface area is 88.5 Å². The maximum atomic E-state index is 7.75. The smallest absolute Gasteiger partial charge is 0.282 e. The Kier molecular flexibility index (Phi) is 12800. The Balaban J connectivity index is -0.00000000900. The van der Waals surface area contributed by atoms with Gasteiger partial charge in [0.25, 0.3) is 0 Å². The van der Waals surface area contributed by atoms with Gasteiger partial charge in [0, 0.05) is 0 Å². The monoisotopic (exact) mass is 407 g/mol. The minimum Gasteiger partial charge on any atom is -0.573 e. The van der Waals surface area contributed by atoms with Crippen molar-refractivity contribution in [2.75, 3.05) is 0 Å². The van der Waals surface area contributed by atoms with Crippen LogP contribution in [0.25, 0.3) is 0 Å². The van der Waals surface area contributed by atoms with Crippen LogP contribution in [0.3, 0.4) is 0 Å². The van der Waals surface area contributed by atoms with Gasteiger partial charge in [0.2, 0.25) is 0 Å². The average Bonchev–Trinajstić information content (AvgIpc) is 2.33. The fourth-order valence-corrected chi connectivity index (χ4v) is 0. The van der Waals surface area contributed by atoms with E-state index in [1.165, 1.54) is 17.2 Å². The second-order valence-electron chi connectivity index (χ2n) is 0. The van der Waals surface area contributed by atoms with Crippen LogP contribution in [0.5, 0.6) is 0 Å². The van der Waals surface area contributed by atoms with E-state index in [9.17, 15) is 0 Å². The Morgan fingerprint density at radius 1 is 0.667 bits per heavy atom. The maximum Gasteiger partial charge on any atom is -0.282 e. The van der Waals surface area contributed by atoms with Gasteiger partial charge in [-0.2, -0.15) is 0 Å². The first-order valence-corrected chi connectivity index (χ1v) is 7.13. The molecular formula is C5HBrO5Re-5. The number of rotatable bonds is 0. The number of carbonyl (C=O) groups excluding carboxylic acids is 5. The molecule has 0 aliphatic heterocycles. The van der Waals surface area contributed by atoms with Crippen LogP contribution in [0.2, 0.25) is 0 Å². The fourth-order valence-electron chi connectivity index (χ4n) is 0. The van der Waals surface area contributed by atoms with Gasteiger partial charge >= 0.3 is 30.6 Å². The van der Waals surface area contributed by atoms with Crippen LogP contribution in [-0.2, 0) is 41.2 Å². The summed E-state index contributed by atoms with van der Waals surface area (Å²) in [6, 6.07) is 0. The van der Waals surface area contributed by atoms with Crippen molar-refractivity contribution in [2.45, 2.75) is 0 Å². The molecule has 0 aromatic carbocycles. The van der Waals surface area contributed by atoms with Crippen LogP contribution in [0.1, 0.15) is 0 Å². The molecule has 0 N–H and O–H groups in total. The summed E-state index contributed by atoms with van der Waals surface area (Å²) in [4.78, 5) is 37.8. The molecule has 0 aliphatic rings. The summed E-state index contributed by atoms with van der Waals surface area (Å²) in [7, 11) is 0. The van der Waals surface area contributed by atoms with Gasteiger partial charge in [0.1, 0.15) is 0 Å². The predicted octanol–water partition coefficient (Wildman–Crippen LogP) is -1.02. The minimum atomic E-state index is 1.53. The van der Waals surface area contributed by atoms with Crippen molar-refractivity contribution in [3.8, 4) is 0 Å². The molecule has 12 heavy (non-hydrogen) atoms. The van der Waals surface area contributed by atoms with Gasteiger partial charge < -0.3 is 51.1 Å². The maximum absolute atomic E-state index is 7.75. The molecule has 0 rings (SSSR count). The SMILES string of the molecule is [Br][Re].[C-]=O.[C-]=O.[C-]=O.[C-]=O.[CH-]=O. The van der Waals surface area contributed by atoms with E-state index in [4.69, 9.17) is 24.0 Å². The van der Waals surface area contributed by atoms with E-state index >= 15 is 0 Å². The first-order chi connectivity index (χ1) is 6.00. The zero-order chi connectivity index (χ0) is 12.0.